The van der Waals surface area contributed by atoms with E-state index in [9.17, 15) is 0 Å². The summed E-state index contributed by atoms with van der Waals surface area (Å²) in [4.78, 5) is 2.66. The molecule has 0 unspecified atom stereocenters. The predicted molar refractivity (Wildman–Crippen MR) is 97.7 cm³/mol. The van der Waals surface area contributed by atoms with Crippen molar-refractivity contribution in [2.75, 3.05) is 19.6 Å². The molecular formula is C22H24N2. The van der Waals surface area contributed by atoms with Crippen LogP contribution in [0.25, 0.3) is 11.1 Å². The molecule has 0 spiro atoms. The number of piperidine rings is 1. The first-order valence-corrected chi connectivity index (χ1v) is 9.14. The number of hydrogen-bond donors (Lipinski definition) is 0. The summed E-state index contributed by atoms with van der Waals surface area (Å²) in [6.07, 6.45) is 5.48. The summed E-state index contributed by atoms with van der Waals surface area (Å²) in [5, 5.41) is 9.05. The van der Waals surface area contributed by atoms with E-state index < -0.39 is 0 Å². The number of nitrogens with zero attached hydrogens (tertiary/aromatic N) is 2. The Bertz CT molecular complexity index is 729. The van der Waals surface area contributed by atoms with Crippen molar-refractivity contribution < 1.29 is 0 Å². The standard InChI is InChI=1S/C22H24N2/c23-15-18-2-1-3-22(14-18)20-8-6-19(7-9-20)21-10-12-24(13-11-21)16-17-4-5-17/h1-3,6-9,14,17,21H,4-5,10-13,16H2. The maximum absolute atomic E-state index is 9.05. The Morgan fingerprint density at radius 2 is 1.67 bits per heavy atom. The van der Waals surface area contributed by atoms with E-state index in [2.05, 4.69) is 41.3 Å². The average Bonchev–Trinajstić information content (AvgIpc) is 3.47. The molecule has 1 aliphatic heterocycles. The van der Waals surface area contributed by atoms with Crippen LogP contribution in [-0.4, -0.2) is 24.5 Å². The molecule has 0 atom stereocenters. The van der Waals surface area contributed by atoms with Gasteiger partial charge in [0.1, 0.15) is 0 Å². The van der Waals surface area contributed by atoms with Crippen LogP contribution in [0.2, 0.25) is 0 Å². The monoisotopic (exact) mass is 316 g/mol. The van der Waals surface area contributed by atoms with Crippen LogP contribution in [-0.2, 0) is 0 Å². The molecule has 1 saturated heterocycles. The van der Waals surface area contributed by atoms with Gasteiger partial charge in [0.15, 0.2) is 0 Å². The highest BCUT2D eigenvalue weighted by atomic mass is 15.1. The van der Waals surface area contributed by atoms with Crippen LogP contribution in [0.1, 0.15) is 42.7 Å². The Balaban J connectivity index is 1.41. The smallest absolute Gasteiger partial charge is 0.0991 e. The SMILES string of the molecule is N#Cc1cccc(-c2ccc(C3CCN(CC4CC4)CC3)cc2)c1. The van der Waals surface area contributed by atoms with Crippen LogP contribution in [0.4, 0.5) is 0 Å². The summed E-state index contributed by atoms with van der Waals surface area (Å²) in [5.74, 6) is 1.71. The minimum absolute atomic E-state index is 0.708. The molecule has 122 valence electrons. The van der Waals surface area contributed by atoms with E-state index in [0.29, 0.717) is 5.92 Å². The first-order valence-electron chi connectivity index (χ1n) is 9.14. The fourth-order valence-corrected chi connectivity index (χ4v) is 3.83. The fourth-order valence-electron chi connectivity index (χ4n) is 3.83. The zero-order valence-corrected chi connectivity index (χ0v) is 14.1. The number of nitriles is 1. The Hall–Kier alpha value is -2.11. The normalized spacial score (nSPS) is 19.1. The van der Waals surface area contributed by atoms with Crippen molar-refractivity contribution in [1.29, 1.82) is 5.26 Å². The first-order chi connectivity index (χ1) is 11.8. The van der Waals surface area contributed by atoms with Gasteiger partial charge in [-0.1, -0.05) is 36.4 Å². The molecule has 1 heterocycles. The first kappa shape index (κ1) is 15.4. The Morgan fingerprint density at radius 3 is 2.33 bits per heavy atom. The maximum Gasteiger partial charge on any atom is 0.0991 e. The van der Waals surface area contributed by atoms with E-state index in [1.807, 2.05) is 18.2 Å². The minimum atomic E-state index is 0.708. The molecule has 2 fully saturated rings. The lowest BCUT2D eigenvalue weighted by Gasteiger charge is -2.32. The highest BCUT2D eigenvalue weighted by molar-refractivity contribution is 5.65. The van der Waals surface area contributed by atoms with Gasteiger partial charge in [0, 0.05) is 6.54 Å². The second-order valence-corrected chi connectivity index (χ2v) is 7.33. The van der Waals surface area contributed by atoms with Gasteiger partial charge in [-0.3, -0.25) is 0 Å². The third-order valence-electron chi connectivity index (χ3n) is 5.51. The van der Waals surface area contributed by atoms with Crippen molar-refractivity contribution in [2.45, 2.75) is 31.6 Å². The molecule has 2 aliphatic rings. The van der Waals surface area contributed by atoms with Crippen LogP contribution >= 0.6 is 0 Å². The van der Waals surface area contributed by atoms with E-state index in [4.69, 9.17) is 5.26 Å². The summed E-state index contributed by atoms with van der Waals surface area (Å²) < 4.78 is 0. The van der Waals surface area contributed by atoms with Crippen molar-refractivity contribution in [3.63, 3.8) is 0 Å². The molecular weight excluding hydrogens is 292 g/mol. The van der Waals surface area contributed by atoms with Gasteiger partial charge in [-0.15, -0.1) is 0 Å². The average molecular weight is 316 g/mol. The molecule has 2 nitrogen and oxygen atoms in total. The van der Waals surface area contributed by atoms with Gasteiger partial charge in [-0.2, -0.15) is 5.26 Å². The predicted octanol–water partition coefficient (Wildman–Crippen LogP) is 4.81. The van der Waals surface area contributed by atoms with Gasteiger partial charge in [0.05, 0.1) is 11.6 Å². The second-order valence-electron chi connectivity index (χ2n) is 7.33. The quantitative estimate of drug-likeness (QED) is 0.809. The van der Waals surface area contributed by atoms with Gasteiger partial charge in [-0.05, 0) is 79.4 Å². The summed E-state index contributed by atoms with van der Waals surface area (Å²) in [7, 11) is 0. The van der Waals surface area contributed by atoms with Crippen LogP contribution in [0.15, 0.2) is 48.5 Å². The molecule has 0 N–H and O–H groups in total. The zero-order valence-electron chi connectivity index (χ0n) is 14.1. The lowest BCUT2D eigenvalue weighted by Crippen LogP contribution is -2.34. The zero-order chi connectivity index (χ0) is 16.4. The highest BCUT2D eigenvalue weighted by Crippen LogP contribution is 2.34. The summed E-state index contributed by atoms with van der Waals surface area (Å²) in [5.41, 5.74) is 4.52. The molecule has 2 aromatic carbocycles. The largest absolute Gasteiger partial charge is 0.303 e. The van der Waals surface area contributed by atoms with Gasteiger partial charge >= 0.3 is 0 Å². The van der Waals surface area contributed by atoms with Crippen molar-refractivity contribution >= 4 is 0 Å². The topological polar surface area (TPSA) is 27.0 Å². The highest BCUT2D eigenvalue weighted by Gasteiger charge is 2.27. The molecule has 0 amide bonds. The van der Waals surface area contributed by atoms with Crippen LogP contribution in [0.5, 0.6) is 0 Å². The fraction of sp³-hybridized carbons (Fsp3) is 0.409. The molecule has 4 rings (SSSR count). The summed E-state index contributed by atoms with van der Waals surface area (Å²) in [6.45, 7) is 3.85. The molecule has 2 heteroatoms. The van der Waals surface area contributed by atoms with Crippen molar-refractivity contribution in [3.05, 3.63) is 59.7 Å². The molecule has 24 heavy (non-hydrogen) atoms. The third-order valence-corrected chi connectivity index (χ3v) is 5.51. The molecule has 1 aliphatic carbocycles. The lowest BCUT2D eigenvalue weighted by atomic mass is 9.88. The van der Waals surface area contributed by atoms with E-state index >= 15 is 0 Å². The summed E-state index contributed by atoms with van der Waals surface area (Å²) >= 11 is 0. The number of likely N-dealkylation sites (tertiary alicyclic amines) is 1. The molecule has 1 saturated carbocycles. The van der Waals surface area contributed by atoms with Crippen molar-refractivity contribution in [1.82, 2.24) is 4.90 Å². The van der Waals surface area contributed by atoms with Gasteiger partial charge in [-0.25, -0.2) is 0 Å². The molecule has 0 aromatic heterocycles. The third kappa shape index (κ3) is 3.52. The molecule has 2 aromatic rings. The Morgan fingerprint density at radius 1 is 0.917 bits per heavy atom. The maximum atomic E-state index is 9.05. The van der Waals surface area contributed by atoms with Gasteiger partial charge in [0.2, 0.25) is 0 Å². The van der Waals surface area contributed by atoms with E-state index in [-0.39, 0.29) is 0 Å². The van der Waals surface area contributed by atoms with Gasteiger partial charge < -0.3 is 4.90 Å². The minimum Gasteiger partial charge on any atom is -0.303 e. The molecule has 0 bridgehead atoms. The molecule has 0 radical (unpaired) electrons. The van der Waals surface area contributed by atoms with Crippen LogP contribution in [0, 0.1) is 17.2 Å². The van der Waals surface area contributed by atoms with Gasteiger partial charge in [0.25, 0.3) is 0 Å². The van der Waals surface area contributed by atoms with E-state index in [1.54, 1.807) is 0 Å². The Labute approximate surface area is 144 Å². The lowest BCUT2D eigenvalue weighted by molar-refractivity contribution is 0.204. The number of hydrogen-bond acceptors (Lipinski definition) is 2. The summed E-state index contributed by atoms with van der Waals surface area (Å²) in [6, 6.07) is 19.1. The second kappa shape index (κ2) is 6.79. The number of rotatable bonds is 4. The van der Waals surface area contributed by atoms with Crippen LogP contribution in [0.3, 0.4) is 0 Å². The van der Waals surface area contributed by atoms with Crippen molar-refractivity contribution in [2.24, 2.45) is 5.92 Å². The Kier molecular flexibility index (Phi) is 4.36. The number of benzene rings is 2. The van der Waals surface area contributed by atoms with Crippen LogP contribution < -0.4 is 0 Å². The van der Waals surface area contributed by atoms with Crippen molar-refractivity contribution in [3.8, 4) is 17.2 Å². The van der Waals surface area contributed by atoms with E-state index in [0.717, 1.165) is 17.0 Å². The van der Waals surface area contributed by atoms with E-state index in [1.165, 1.54) is 56.4 Å².